The van der Waals surface area contributed by atoms with Crippen LogP contribution in [0.5, 0.6) is 0 Å². The molecule has 2 N–H and O–H groups in total. The molecule has 1 fully saturated rings. The van der Waals surface area contributed by atoms with Gasteiger partial charge in [0.15, 0.2) is 0 Å². The fourth-order valence-electron chi connectivity index (χ4n) is 5.44. The highest BCUT2D eigenvalue weighted by atomic mass is 19.1. The van der Waals surface area contributed by atoms with Crippen LogP contribution in [0.4, 0.5) is 4.39 Å². The molecule has 0 saturated carbocycles. The molecule has 0 spiro atoms. The van der Waals surface area contributed by atoms with Crippen molar-refractivity contribution in [3.05, 3.63) is 98.2 Å². The highest BCUT2D eigenvalue weighted by molar-refractivity contribution is 5.97. The Morgan fingerprint density at radius 3 is 2.60 bits per heavy atom. The zero-order valence-corrected chi connectivity index (χ0v) is 23.4. The van der Waals surface area contributed by atoms with E-state index in [0.29, 0.717) is 41.6 Å². The third-order valence-electron chi connectivity index (χ3n) is 7.71. The summed E-state index contributed by atoms with van der Waals surface area (Å²) in [4.78, 5) is 40.8. The van der Waals surface area contributed by atoms with Gasteiger partial charge in [-0.05, 0) is 94.5 Å². The molecule has 0 radical (unpaired) electrons. The number of halogens is 1. The van der Waals surface area contributed by atoms with Gasteiger partial charge in [0.25, 0.3) is 11.5 Å². The number of nitrogens with zero attached hydrogens (tertiary/aromatic N) is 3. The highest BCUT2D eigenvalue weighted by Gasteiger charge is 2.46. The summed E-state index contributed by atoms with van der Waals surface area (Å²) in [6.45, 7) is 8.87. The van der Waals surface area contributed by atoms with Crippen LogP contribution in [0.25, 0.3) is 0 Å². The van der Waals surface area contributed by atoms with Gasteiger partial charge in [-0.25, -0.2) is 9.49 Å². The Labute approximate surface area is 233 Å². The van der Waals surface area contributed by atoms with Crippen molar-refractivity contribution >= 4 is 11.8 Å². The number of aromatic amines is 1. The van der Waals surface area contributed by atoms with E-state index in [-0.39, 0.29) is 17.5 Å². The van der Waals surface area contributed by atoms with Gasteiger partial charge < -0.3 is 10.2 Å². The summed E-state index contributed by atoms with van der Waals surface area (Å²) >= 11 is 0. The predicted molar refractivity (Wildman–Crippen MR) is 149 cm³/mol. The van der Waals surface area contributed by atoms with Crippen molar-refractivity contribution in [3.63, 3.8) is 0 Å². The number of carbonyl (C=O) groups excluding carboxylic acids is 2. The van der Waals surface area contributed by atoms with Crippen LogP contribution in [0.15, 0.2) is 53.3 Å². The smallest absolute Gasteiger partial charge is 0.267 e. The minimum atomic E-state index is -0.878. The number of rotatable bonds is 7. The van der Waals surface area contributed by atoms with E-state index in [9.17, 15) is 24.0 Å². The molecule has 1 saturated heterocycles. The number of H-pyrrole nitrogens is 1. The molecule has 8 nitrogen and oxygen atoms in total. The number of carbonyl (C=O) groups is 2. The van der Waals surface area contributed by atoms with Crippen molar-refractivity contribution in [3.8, 4) is 6.07 Å². The van der Waals surface area contributed by atoms with E-state index in [1.165, 1.54) is 12.1 Å². The maximum absolute atomic E-state index is 14.1. The molecule has 3 atom stereocenters. The lowest BCUT2D eigenvalue weighted by Crippen LogP contribution is -2.52. The Hall–Kier alpha value is -4.32. The third kappa shape index (κ3) is 5.96. The fourth-order valence-corrected chi connectivity index (χ4v) is 5.44. The maximum atomic E-state index is 14.1. The fraction of sp³-hybridized carbons (Fsp3) is 0.387. The molecule has 0 aliphatic carbocycles. The molecule has 1 unspecified atom stereocenters. The molecule has 1 aromatic heterocycles. The summed E-state index contributed by atoms with van der Waals surface area (Å²) < 4.78 is 14.1. The summed E-state index contributed by atoms with van der Waals surface area (Å²) in [5, 5.41) is 19.0. The van der Waals surface area contributed by atoms with Crippen LogP contribution in [0.1, 0.15) is 78.0 Å². The van der Waals surface area contributed by atoms with Gasteiger partial charge in [-0.2, -0.15) is 10.4 Å². The van der Waals surface area contributed by atoms with Gasteiger partial charge in [0.2, 0.25) is 5.91 Å². The number of hydrogen-bond acceptors (Lipinski definition) is 5. The number of hydrogen-bond donors (Lipinski definition) is 2. The van der Waals surface area contributed by atoms with E-state index in [1.54, 1.807) is 69.0 Å². The van der Waals surface area contributed by atoms with Crippen LogP contribution in [-0.2, 0) is 11.2 Å². The van der Waals surface area contributed by atoms with Crippen LogP contribution in [0, 0.1) is 36.4 Å². The average Bonchev–Trinajstić information content (AvgIpc) is 3.37. The topological polar surface area (TPSA) is 119 Å². The molecule has 4 rings (SSSR count). The number of benzene rings is 2. The first-order valence-corrected chi connectivity index (χ1v) is 13.4. The number of amides is 2. The summed E-state index contributed by atoms with van der Waals surface area (Å²) in [5.41, 5.74) is 2.99. The van der Waals surface area contributed by atoms with Gasteiger partial charge in [-0.1, -0.05) is 18.2 Å². The van der Waals surface area contributed by atoms with Crippen LogP contribution in [-0.4, -0.2) is 39.0 Å². The largest absolute Gasteiger partial charge is 0.341 e. The van der Waals surface area contributed by atoms with Crippen molar-refractivity contribution in [2.45, 2.75) is 72.0 Å². The Kier molecular flexibility index (Phi) is 8.19. The van der Waals surface area contributed by atoms with Crippen molar-refractivity contribution in [2.24, 2.45) is 5.41 Å². The van der Waals surface area contributed by atoms with Crippen molar-refractivity contribution in [1.82, 2.24) is 20.4 Å². The summed E-state index contributed by atoms with van der Waals surface area (Å²) in [7, 11) is 0. The first kappa shape index (κ1) is 28.7. The molecule has 9 heteroatoms. The first-order valence-electron chi connectivity index (χ1n) is 13.4. The standard InChI is InChI=1S/C31H34FN5O3/c1-18-13-23(10-9-21(18)15-24-14-19(2)35-36-29(24)39)28(38)34-20(3)30(40)37-26(22-7-6-8-25(32)16-22)11-12-27(37)31(4,5)17-33/h6-10,13-14,16,20,26-27H,11-12,15H2,1-5H3,(H,34,38)(H,36,39)/t20?,26-,27+/m0/s1. The molecular weight excluding hydrogens is 509 g/mol. The van der Waals surface area contributed by atoms with Crippen LogP contribution in [0.3, 0.4) is 0 Å². The van der Waals surface area contributed by atoms with Crippen LogP contribution < -0.4 is 10.9 Å². The number of aryl methyl sites for hydroxylation is 2. The molecule has 2 amide bonds. The van der Waals surface area contributed by atoms with Gasteiger partial charge in [-0.3, -0.25) is 14.4 Å². The van der Waals surface area contributed by atoms with Crippen LogP contribution in [0.2, 0.25) is 0 Å². The maximum Gasteiger partial charge on any atom is 0.267 e. The van der Waals surface area contributed by atoms with Crippen LogP contribution >= 0.6 is 0 Å². The monoisotopic (exact) mass is 543 g/mol. The molecule has 2 heterocycles. The second-order valence-electron chi connectivity index (χ2n) is 11.1. The molecule has 0 bridgehead atoms. The van der Waals surface area contributed by atoms with Crippen molar-refractivity contribution in [2.75, 3.05) is 0 Å². The Bertz CT molecular complexity index is 1540. The van der Waals surface area contributed by atoms with Gasteiger partial charge in [0, 0.05) is 17.5 Å². The third-order valence-corrected chi connectivity index (χ3v) is 7.71. The minimum absolute atomic E-state index is 0.254. The Morgan fingerprint density at radius 1 is 1.18 bits per heavy atom. The number of nitriles is 1. The second-order valence-corrected chi connectivity index (χ2v) is 11.1. The number of aromatic nitrogens is 2. The van der Waals surface area contributed by atoms with E-state index in [2.05, 4.69) is 21.6 Å². The van der Waals surface area contributed by atoms with E-state index in [0.717, 1.165) is 11.1 Å². The summed E-state index contributed by atoms with van der Waals surface area (Å²) in [6.07, 6.45) is 1.58. The lowest BCUT2D eigenvalue weighted by Gasteiger charge is -2.38. The molecule has 1 aliphatic rings. The lowest BCUT2D eigenvalue weighted by molar-refractivity contribution is -0.137. The van der Waals surface area contributed by atoms with E-state index >= 15 is 0 Å². The first-order chi connectivity index (χ1) is 18.9. The van der Waals surface area contributed by atoms with Gasteiger partial charge in [-0.15, -0.1) is 0 Å². The van der Waals surface area contributed by atoms with E-state index in [4.69, 9.17) is 0 Å². The van der Waals surface area contributed by atoms with Gasteiger partial charge >= 0.3 is 0 Å². The molecule has 3 aromatic rings. The molecule has 2 aromatic carbocycles. The zero-order valence-electron chi connectivity index (χ0n) is 23.4. The van der Waals surface area contributed by atoms with E-state index in [1.807, 2.05) is 6.92 Å². The Balaban J connectivity index is 1.53. The molecular formula is C31H34FN5O3. The van der Waals surface area contributed by atoms with Crippen molar-refractivity contribution in [1.29, 1.82) is 5.26 Å². The Morgan fingerprint density at radius 2 is 1.93 bits per heavy atom. The molecule has 40 heavy (non-hydrogen) atoms. The lowest BCUT2D eigenvalue weighted by atomic mass is 9.84. The quantitative estimate of drug-likeness (QED) is 0.454. The summed E-state index contributed by atoms with van der Waals surface area (Å²) in [5.74, 6) is -1.13. The normalized spacial score (nSPS) is 17.8. The highest BCUT2D eigenvalue weighted by Crippen LogP contribution is 2.43. The van der Waals surface area contributed by atoms with Crippen molar-refractivity contribution < 1.29 is 14.0 Å². The average molecular weight is 544 g/mol. The number of nitrogens with one attached hydrogen (secondary N) is 2. The number of likely N-dealkylation sites (tertiary alicyclic amines) is 1. The SMILES string of the molecule is Cc1cc(Cc2ccc(C(=O)NC(C)C(=O)N3[C@H](c4cccc(F)c4)CC[C@@H]3C(C)(C)C#N)cc2C)c(=O)[nH]n1. The zero-order chi connectivity index (χ0) is 29.2. The predicted octanol–water partition coefficient (Wildman–Crippen LogP) is 4.52. The second kappa shape index (κ2) is 11.4. The van der Waals surface area contributed by atoms with Gasteiger partial charge in [0.1, 0.15) is 11.9 Å². The van der Waals surface area contributed by atoms with Gasteiger partial charge in [0.05, 0.1) is 29.3 Å². The summed E-state index contributed by atoms with van der Waals surface area (Å²) in [6, 6.07) is 13.8. The van der Waals surface area contributed by atoms with E-state index < -0.39 is 29.2 Å². The minimum Gasteiger partial charge on any atom is -0.341 e. The molecule has 208 valence electrons. The molecule has 1 aliphatic heterocycles.